The molecule has 140 valence electrons. The quantitative estimate of drug-likeness (QED) is 0.865. The molecule has 2 aliphatic rings. The number of hydrogen-bond acceptors (Lipinski definition) is 5. The standard InChI is InChI=1S/C19H31N3O2S/c1-16(2)25(23,24)19-5-3-4-18(14-19)22-12-10-21(11-13-22)15-17-6-8-20-9-7-17/h3-5,14,16-17,20H,6-13,15H2,1-2H3. The first-order valence-electron chi connectivity index (χ1n) is 9.49. The first-order chi connectivity index (χ1) is 12.0. The third kappa shape index (κ3) is 4.54. The van der Waals surface area contributed by atoms with E-state index in [0.29, 0.717) is 4.90 Å². The van der Waals surface area contributed by atoms with Crippen LogP contribution in [-0.2, 0) is 9.84 Å². The first kappa shape index (κ1) is 18.7. The molecule has 3 rings (SSSR count). The molecule has 1 aromatic carbocycles. The Labute approximate surface area is 152 Å². The second-order valence-corrected chi connectivity index (χ2v) is 10.1. The Bertz CT molecular complexity index is 661. The summed E-state index contributed by atoms with van der Waals surface area (Å²) in [5, 5.41) is 3.05. The van der Waals surface area contributed by atoms with E-state index in [4.69, 9.17) is 0 Å². The van der Waals surface area contributed by atoms with Crippen molar-refractivity contribution in [3.8, 4) is 0 Å². The molecule has 25 heavy (non-hydrogen) atoms. The maximum atomic E-state index is 12.4. The van der Waals surface area contributed by atoms with Crippen molar-refractivity contribution in [1.29, 1.82) is 0 Å². The zero-order valence-electron chi connectivity index (χ0n) is 15.4. The fourth-order valence-electron chi connectivity index (χ4n) is 3.75. The predicted molar refractivity (Wildman–Crippen MR) is 103 cm³/mol. The maximum absolute atomic E-state index is 12.4. The Balaban J connectivity index is 1.59. The van der Waals surface area contributed by atoms with Gasteiger partial charge in [-0.2, -0.15) is 0 Å². The second-order valence-electron chi connectivity index (χ2n) is 7.57. The Hall–Kier alpha value is -1.11. The summed E-state index contributed by atoms with van der Waals surface area (Å²) in [4.78, 5) is 5.33. The summed E-state index contributed by atoms with van der Waals surface area (Å²) in [5.41, 5.74) is 1.03. The lowest BCUT2D eigenvalue weighted by atomic mass is 9.97. The maximum Gasteiger partial charge on any atom is 0.180 e. The Kier molecular flexibility index (Phi) is 6.02. The van der Waals surface area contributed by atoms with Gasteiger partial charge < -0.3 is 10.2 Å². The zero-order valence-corrected chi connectivity index (χ0v) is 16.3. The van der Waals surface area contributed by atoms with Gasteiger partial charge in [0.1, 0.15) is 0 Å². The van der Waals surface area contributed by atoms with E-state index in [0.717, 1.165) is 50.9 Å². The lowest BCUT2D eigenvalue weighted by Gasteiger charge is -2.38. The highest BCUT2D eigenvalue weighted by atomic mass is 32.2. The van der Waals surface area contributed by atoms with E-state index in [2.05, 4.69) is 15.1 Å². The van der Waals surface area contributed by atoms with Crippen molar-refractivity contribution >= 4 is 15.5 Å². The average molecular weight is 366 g/mol. The van der Waals surface area contributed by atoms with E-state index in [-0.39, 0.29) is 5.25 Å². The minimum absolute atomic E-state index is 0.385. The van der Waals surface area contributed by atoms with Crippen molar-refractivity contribution in [1.82, 2.24) is 10.2 Å². The van der Waals surface area contributed by atoms with E-state index in [1.54, 1.807) is 19.9 Å². The van der Waals surface area contributed by atoms with Gasteiger partial charge in [0.2, 0.25) is 0 Å². The molecule has 0 atom stereocenters. The average Bonchev–Trinajstić information content (AvgIpc) is 2.63. The summed E-state index contributed by atoms with van der Waals surface area (Å²) in [6.07, 6.45) is 2.57. The van der Waals surface area contributed by atoms with Crippen LogP contribution in [0.15, 0.2) is 29.2 Å². The van der Waals surface area contributed by atoms with Gasteiger partial charge in [-0.3, -0.25) is 4.90 Å². The van der Waals surface area contributed by atoms with Crippen LogP contribution >= 0.6 is 0 Å². The van der Waals surface area contributed by atoms with Crippen LogP contribution in [0, 0.1) is 5.92 Å². The number of rotatable bonds is 5. The van der Waals surface area contributed by atoms with Crippen LogP contribution in [0.3, 0.4) is 0 Å². The summed E-state index contributed by atoms with van der Waals surface area (Å²) in [6, 6.07) is 7.46. The van der Waals surface area contributed by atoms with Crippen LogP contribution < -0.4 is 10.2 Å². The molecule has 0 spiro atoms. The summed E-state index contributed by atoms with van der Waals surface area (Å²) in [5.74, 6) is 0.826. The molecular weight excluding hydrogens is 334 g/mol. The van der Waals surface area contributed by atoms with Gasteiger partial charge in [0, 0.05) is 38.4 Å². The molecule has 0 amide bonds. The highest BCUT2D eigenvalue weighted by Gasteiger charge is 2.23. The van der Waals surface area contributed by atoms with E-state index in [1.165, 1.54) is 19.4 Å². The Morgan fingerprint density at radius 2 is 1.80 bits per heavy atom. The SMILES string of the molecule is CC(C)S(=O)(=O)c1cccc(N2CCN(CC3CCNCC3)CC2)c1. The van der Waals surface area contributed by atoms with Crippen molar-refractivity contribution in [2.24, 2.45) is 5.92 Å². The molecule has 1 aromatic rings. The number of benzene rings is 1. The number of anilines is 1. The van der Waals surface area contributed by atoms with E-state index in [1.807, 2.05) is 18.2 Å². The normalized spacial score (nSPS) is 21.0. The number of hydrogen-bond donors (Lipinski definition) is 1. The van der Waals surface area contributed by atoms with Crippen molar-refractivity contribution in [3.05, 3.63) is 24.3 Å². The minimum Gasteiger partial charge on any atom is -0.369 e. The smallest absolute Gasteiger partial charge is 0.180 e. The molecule has 0 saturated carbocycles. The molecule has 2 saturated heterocycles. The van der Waals surface area contributed by atoms with Crippen LogP contribution in [0.25, 0.3) is 0 Å². The van der Waals surface area contributed by atoms with Gasteiger partial charge >= 0.3 is 0 Å². The minimum atomic E-state index is -3.21. The Morgan fingerprint density at radius 1 is 1.12 bits per heavy atom. The number of sulfone groups is 1. The Morgan fingerprint density at radius 3 is 2.44 bits per heavy atom. The van der Waals surface area contributed by atoms with Crippen molar-refractivity contribution in [2.45, 2.75) is 36.8 Å². The van der Waals surface area contributed by atoms with Gasteiger partial charge in [0.05, 0.1) is 10.1 Å². The van der Waals surface area contributed by atoms with Crippen LogP contribution in [0.5, 0.6) is 0 Å². The summed E-state index contributed by atoms with van der Waals surface area (Å²) in [6.45, 7) is 11.0. The van der Waals surface area contributed by atoms with Crippen LogP contribution in [0.1, 0.15) is 26.7 Å². The van der Waals surface area contributed by atoms with E-state index in [9.17, 15) is 8.42 Å². The number of nitrogens with zero attached hydrogens (tertiary/aromatic N) is 2. The molecular formula is C19H31N3O2S. The van der Waals surface area contributed by atoms with Crippen LogP contribution in [-0.4, -0.2) is 64.4 Å². The largest absolute Gasteiger partial charge is 0.369 e. The van der Waals surface area contributed by atoms with Gasteiger partial charge in [-0.05, 0) is 63.9 Å². The molecule has 1 N–H and O–H groups in total. The lowest BCUT2D eigenvalue weighted by Crippen LogP contribution is -2.48. The van der Waals surface area contributed by atoms with Gasteiger partial charge in [-0.15, -0.1) is 0 Å². The lowest BCUT2D eigenvalue weighted by molar-refractivity contribution is 0.196. The number of nitrogens with one attached hydrogen (secondary N) is 1. The van der Waals surface area contributed by atoms with E-state index >= 15 is 0 Å². The highest BCUT2D eigenvalue weighted by Crippen LogP contribution is 2.24. The number of piperazine rings is 1. The summed E-state index contributed by atoms with van der Waals surface area (Å²) in [7, 11) is -3.21. The molecule has 0 unspecified atom stereocenters. The molecule has 0 aliphatic carbocycles. The van der Waals surface area contributed by atoms with Crippen LogP contribution in [0.4, 0.5) is 5.69 Å². The fraction of sp³-hybridized carbons (Fsp3) is 0.684. The molecule has 5 nitrogen and oxygen atoms in total. The number of piperidine rings is 1. The second kappa shape index (κ2) is 8.06. The van der Waals surface area contributed by atoms with Crippen molar-refractivity contribution < 1.29 is 8.42 Å². The molecule has 0 aromatic heterocycles. The predicted octanol–water partition coefficient (Wildman–Crippen LogP) is 1.99. The van der Waals surface area contributed by atoms with Crippen molar-refractivity contribution in [2.75, 3.05) is 50.7 Å². The monoisotopic (exact) mass is 365 g/mol. The van der Waals surface area contributed by atoms with Gasteiger partial charge in [-0.25, -0.2) is 8.42 Å². The van der Waals surface area contributed by atoms with Crippen LogP contribution in [0.2, 0.25) is 0 Å². The van der Waals surface area contributed by atoms with Gasteiger partial charge in [0.15, 0.2) is 9.84 Å². The van der Waals surface area contributed by atoms with Gasteiger partial charge in [-0.1, -0.05) is 6.07 Å². The van der Waals surface area contributed by atoms with Gasteiger partial charge in [0.25, 0.3) is 0 Å². The fourth-order valence-corrected chi connectivity index (χ4v) is 4.85. The zero-order chi connectivity index (χ0) is 17.9. The summed E-state index contributed by atoms with van der Waals surface area (Å²) < 4.78 is 24.8. The topological polar surface area (TPSA) is 52.7 Å². The molecule has 0 bridgehead atoms. The third-order valence-electron chi connectivity index (χ3n) is 5.48. The molecule has 2 fully saturated rings. The summed E-state index contributed by atoms with van der Waals surface area (Å²) >= 11 is 0. The van der Waals surface area contributed by atoms with Crippen molar-refractivity contribution in [3.63, 3.8) is 0 Å². The molecule has 2 heterocycles. The molecule has 6 heteroatoms. The van der Waals surface area contributed by atoms with E-state index < -0.39 is 9.84 Å². The molecule has 2 aliphatic heterocycles. The third-order valence-corrected chi connectivity index (χ3v) is 7.63. The first-order valence-corrected chi connectivity index (χ1v) is 11.0. The highest BCUT2D eigenvalue weighted by molar-refractivity contribution is 7.92. The molecule has 0 radical (unpaired) electrons.